The lowest BCUT2D eigenvalue weighted by Gasteiger charge is -2.35. The summed E-state index contributed by atoms with van der Waals surface area (Å²) in [4.78, 5) is 24.6. The zero-order valence-corrected chi connectivity index (χ0v) is 16.3. The van der Waals surface area contributed by atoms with Gasteiger partial charge >= 0.3 is 5.97 Å². The van der Waals surface area contributed by atoms with E-state index >= 15 is 0 Å². The average Bonchev–Trinajstić information content (AvgIpc) is 2.68. The van der Waals surface area contributed by atoms with E-state index in [2.05, 4.69) is 13.0 Å². The lowest BCUT2D eigenvalue weighted by Crippen LogP contribution is -3.14. The second-order valence-corrected chi connectivity index (χ2v) is 8.00. The van der Waals surface area contributed by atoms with Gasteiger partial charge in [-0.2, -0.15) is 0 Å². The lowest BCUT2D eigenvalue weighted by molar-refractivity contribution is -0.911. The zero-order valence-electron chi connectivity index (χ0n) is 16.3. The molecule has 1 fully saturated rings. The van der Waals surface area contributed by atoms with Crippen LogP contribution in [0.4, 0.5) is 0 Å². The molecule has 1 heterocycles. The topological polar surface area (TPSA) is 84.8 Å². The fraction of sp³-hybridized carbons (Fsp3) is 0.391. The third-order valence-corrected chi connectivity index (χ3v) is 5.91. The second kappa shape index (κ2) is 9.02. The van der Waals surface area contributed by atoms with E-state index < -0.39 is 11.9 Å². The van der Waals surface area contributed by atoms with Crippen molar-refractivity contribution in [1.29, 1.82) is 0 Å². The van der Waals surface area contributed by atoms with E-state index in [4.69, 9.17) is 5.73 Å². The molecule has 4 N–H and O–H groups in total. The summed E-state index contributed by atoms with van der Waals surface area (Å²) >= 11 is 0. The summed E-state index contributed by atoms with van der Waals surface area (Å²) in [5, 5.41) is 9.69. The van der Waals surface area contributed by atoms with Crippen LogP contribution in [0.2, 0.25) is 0 Å². The molecule has 2 aromatic rings. The number of carbonyl (C=O) groups excluding carboxylic acids is 1. The summed E-state index contributed by atoms with van der Waals surface area (Å²) in [5.41, 5.74) is 8.19. The Balaban J connectivity index is 1.63. The molecule has 4 unspecified atom stereocenters. The third kappa shape index (κ3) is 4.98. The zero-order chi connectivity index (χ0) is 20.1. The maximum absolute atomic E-state index is 11.8. The first-order chi connectivity index (χ1) is 13.4. The smallest absolute Gasteiger partial charge is 0.312 e. The number of carboxylic acid groups (broad SMARTS) is 1. The quantitative estimate of drug-likeness (QED) is 0.683. The number of nitrogens with one attached hydrogen (secondary N) is 1. The van der Waals surface area contributed by atoms with E-state index in [1.807, 2.05) is 42.5 Å². The number of hydrogen-bond donors (Lipinski definition) is 3. The van der Waals surface area contributed by atoms with Gasteiger partial charge in [0.05, 0.1) is 19.6 Å². The number of aliphatic carboxylic acids is 1. The highest BCUT2D eigenvalue weighted by molar-refractivity contribution is 5.92. The molecular weight excluding hydrogens is 352 g/mol. The first-order valence-corrected chi connectivity index (χ1v) is 9.94. The van der Waals surface area contributed by atoms with Crippen molar-refractivity contribution in [2.45, 2.75) is 25.7 Å². The van der Waals surface area contributed by atoms with Crippen LogP contribution in [0.3, 0.4) is 0 Å². The van der Waals surface area contributed by atoms with E-state index in [9.17, 15) is 14.7 Å². The molecule has 0 bridgehead atoms. The number of quaternary nitrogens is 1. The van der Waals surface area contributed by atoms with E-state index in [0.29, 0.717) is 30.4 Å². The summed E-state index contributed by atoms with van der Waals surface area (Å²) in [6.45, 7) is 4.73. The van der Waals surface area contributed by atoms with Crippen molar-refractivity contribution < 1.29 is 19.6 Å². The number of hydrogen-bond acceptors (Lipinski definition) is 2. The molecule has 4 atom stereocenters. The van der Waals surface area contributed by atoms with Crippen LogP contribution in [0.5, 0.6) is 0 Å². The molecule has 2 aromatic carbocycles. The largest absolute Gasteiger partial charge is 0.481 e. The Morgan fingerprint density at radius 1 is 1.18 bits per heavy atom. The van der Waals surface area contributed by atoms with Crippen LogP contribution >= 0.6 is 0 Å². The highest BCUT2D eigenvalue weighted by Gasteiger charge is 2.33. The molecule has 5 nitrogen and oxygen atoms in total. The fourth-order valence-electron chi connectivity index (χ4n) is 4.44. The molecule has 1 aliphatic heterocycles. The number of amides is 1. The van der Waals surface area contributed by atoms with E-state index in [-0.39, 0.29) is 5.92 Å². The van der Waals surface area contributed by atoms with E-state index in [1.54, 1.807) is 6.07 Å². The Morgan fingerprint density at radius 3 is 2.57 bits per heavy atom. The highest BCUT2D eigenvalue weighted by Crippen LogP contribution is 2.29. The van der Waals surface area contributed by atoms with Gasteiger partial charge in [-0.1, -0.05) is 49.4 Å². The van der Waals surface area contributed by atoms with Crippen molar-refractivity contribution in [1.82, 2.24) is 0 Å². The maximum atomic E-state index is 11.8. The second-order valence-electron chi connectivity index (χ2n) is 8.00. The van der Waals surface area contributed by atoms with Gasteiger partial charge in [0.2, 0.25) is 5.91 Å². The molecule has 1 amide bonds. The summed E-state index contributed by atoms with van der Waals surface area (Å²) in [7, 11) is 0. The normalized spacial score (nSPS) is 23.1. The summed E-state index contributed by atoms with van der Waals surface area (Å²) in [5.74, 6) is -0.707. The highest BCUT2D eigenvalue weighted by atomic mass is 16.4. The Morgan fingerprint density at radius 2 is 1.93 bits per heavy atom. The minimum atomic E-state index is -0.722. The molecule has 0 aliphatic carbocycles. The molecule has 148 valence electrons. The van der Waals surface area contributed by atoms with Crippen molar-refractivity contribution in [2.75, 3.05) is 19.6 Å². The molecule has 28 heavy (non-hydrogen) atoms. The van der Waals surface area contributed by atoms with Gasteiger partial charge in [-0.05, 0) is 35.6 Å². The van der Waals surface area contributed by atoms with Crippen LogP contribution in [-0.2, 0) is 11.2 Å². The van der Waals surface area contributed by atoms with Gasteiger partial charge in [0.25, 0.3) is 0 Å². The summed E-state index contributed by atoms with van der Waals surface area (Å²) in [6.07, 6.45) is 1.55. The number of primary amides is 1. The van der Waals surface area contributed by atoms with Gasteiger partial charge in [0, 0.05) is 17.9 Å². The molecule has 1 aliphatic rings. The molecule has 3 rings (SSSR count). The third-order valence-electron chi connectivity index (χ3n) is 5.91. The van der Waals surface area contributed by atoms with Gasteiger partial charge < -0.3 is 15.7 Å². The number of benzene rings is 2. The standard InChI is InChI=1S/C23H28N2O3/c1-16-14-25(15-20(23(27)28)12-17-6-3-2-4-7-17)11-10-21(16)18-8-5-9-19(13-18)22(24)26/h2-9,13,16,20-21H,10-12,14-15H2,1H3,(H2,24,26)(H,27,28)/p+1. The Hall–Kier alpha value is -2.66. The molecule has 0 radical (unpaired) electrons. The first-order valence-electron chi connectivity index (χ1n) is 9.94. The predicted molar refractivity (Wildman–Crippen MR) is 108 cm³/mol. The average molecular weight is 381 g/mol. The van der Waals surface area contributed by atoms with Gasteiger partial charge in [-0.3, -0.25) is 9.59 Å². The van der Waals surface area contributed by atoms with Crippen molar-refractivity contribution >= 4 is 11.9 Å². The SMILES string of the molecule is CC1C[NH+](CC(Cc2ccccc2)C(=O)O)CCC1c1cccc(C(N)=O)c1. The number of piperidine rings is 1. The van der Waals surface area contributed by atoms with Crippen LogP contribution in [0.1, 0.15) is 40.7 Å². The van der Waals surface area contributed by atoms with Crippen molar-refractivity contribution in [3.05, 3.63) is 71.3 Å². The Bertz CT molecular complexity index is 822. The Kier molecular flexibility index (Phi) is 6.47. The Labute approximate surface area is 166 Å². The number of carboxylic acids is 1. The van der Waals surface area contributed by atoms with E-state index in [1.165, 1.54) is 4.90 Å². The molecule has 0 aromatic heterocycles. The molecule has 0 saturated carbocycles. The number of rotatable bonds is 7. The minimum absolute atomic E-state index is 0.375. The molecule has 1 saturated heterocycles. The molecular formula is C23H29N2O3+. The van der Waals surface area contributed by atoms with Crippen LogP contribution in [0, 0.1) is 11.8 Å². The summed E-state index contributed by atoms with van der Waals surface area (Å²) in [6, 6.07) is 17.4. The van der Waals surface area contributed by atoms with Crippen molar-refractivity contribution in [3.8, 4) is 0 Å². The molecule has 0 spiro atoms. The maximum Gasteiger partial charge on any atom is 0.312 e. The number of likely N-dealkylation sites (tertiary alicyclic amines) is 1. The van der Waals surface area contributed by atoms with Gasteiger partial charge in [-0.15, -0.1) is 0 Å². The van der Waals surface area contributed by atoms with Crippen LogP contribution in [-0.4, -0.2) is 36.6 Å². The fourth-order valence-corrected chi connectivity index (χ4v) is 4.44. The predicted octanol–water partition coefficient (Wildman–Crippen LogP) is 1.74. The first kappa shape index (κ1) is 20.1. The van der Waals surface area contributed by atoms with Crippen LogP contribution in [0.25, 0.3) is 0 Å². The number of carbonyl (C=O) groups is 2. The van der Waals surface area contributed by atoms with Crippen LogP contribution < -0.4 is 10.6 Å². The number of nitrogens with two attached hydrogens (primary N) is 1. The monoisotopic (exact) mass is 381 g/mol. The van der Waals surface area contributed by atoms with Crippen molar-refractivity contribution in [3.63, 3.8) is 0 Å². The summed E-state index contributed by atoms with van der Waals surface area (Å²) < 4.78 is 0. The molecule has 5 heteroatoms. The lowest BCUT2D eigenvalue weighted by atomic mass is 9.80. The van der Waals surface area contributed by atoms with E-state index in [0.717, 1.165) is 30.6 Å². The van der Waals surface area contributed by atoms with Gasteiger partial charge in [0.1, 0.15) is 5.92 Å². The van der Waals surface area contributed by atoms with Crippen molar-refractivity contribution in [2.24, 2.45) is 17.6 Å². The van der Waals surface area contributed by atoms with Gasteiger partial charge in [0.15, 0.2) is 0 Å². The van der Waals surface area contributed by atoms with Crippen LogP contribution in [0.15, 0.2) is 54.6 Å². The minimum Gasteiger partial charge on any atom is -0.481 e. The van der Waals surface area contributed by atoms with Gasteiger partial charge in [-0.25, -0.2) is 0 Å².